The van der Waals surface area contributed by atoms with E-state index in [4.69, 9.17) is 4.74 Å². The lowest BCUT2D eigenvalue weighted by Crippen LogP contribution is -2.28. The minimum absolute atomic E-state index is 0.00526. The zero-order chi connectivity index (χ0) is 20.0. The van der Waals surface area contributed by atoms with Gasteiger partial charge in [-0.2, -0.15) is 0 Å². The van der Waals surface area contributed by atoms with Gasteiger partial charge in [-0.15, -0.1) is 0 Å². The maximum Gasteiger partial charge on any atom is 0.251 e. The van der Waals surface area contributed by atoms with E-state index in [2.05, 4.69) is 10.0 Å². The van der Waals surface area contributed by atoms with E-state index in [1.54, 1.807) is 38.3 Å². The number of amides is 1. The number of ether oxygens (including phenoxy) is 1. The van der Waals surface area contributed by atoms with Gasteiger partial charge in [0.2, 0.25) is 10.0 Å². The van der Waals surface area contributed by atoms with Crippen LogP contribution in [0.15, 0.2) is 42.5 Å². The number of sulfonamides is 1. The summed E-state index contributed by atoms with van der Waals surface area (Å²) in [5.74, 6) is 0.597. The summed E-state index contributed by atoms with van der Waals surface area (Å²) in [4.78, 5) is 12.6. The maximum atomic E-state index is 12.6. The average molecular weight is 391 g/mol. The quantitative estimate of drug-likeness (QED) is 0.721. The van der Waals surface area contributed by atoms with Gasteiger partial charge < -0.3 is 10.1 Å². The van der Waals surface area contributed by atoms with Crippen molar-refractivity contribution in [2.24, 2.45) is 0 Å². The van der Waals surface area contributed by atoms with Crippen molar-refractivity contribution in [1.82, 2.24) is 5.32 Å². The fraction of sp³-hybridized carbons (Fsp3) is 0.350. The summed E-state index contributed by atoms with van der Waals surface area (Å²) < 4.78 is 30.9. The normalized spacial score (nSPS) is 12.3. The molecule has 0 saturated carbocycles. The molecular formula is C20H26N2O4S. The van der Waals surface area contributed by atoms with Gasteiger partial charge in [-0.25, -0.2) is 8.42 Å². The van der Waals surface area contributed by atoms with Crippen LogP contribution in [-0.4, -0.2) is 27.2 Å². The molecule has 0 radical (unpaired) electrons. The lowest BCUT2D eigenvalue weighted by Gasteiger charge is -2.19. The van der Waals surface area contributed by atoms with Crippen LogP contribution < -0.4 is 14.8 Å². The van der Waals surface area contributed by atoms with Gasteiger partial charge in [-0.3, -0.25) is 9.52 Å². The number of anilines is 1. The number of hydrogen-bond acceptors (Lipinski definition) is 4. The summed E-state index contributed by atoms with van der Waals surface area (Å²) in [5, 5.41) is 3.02. The Morgan fingerprint density at radius 1 is 1.11 bits per heavy atom. The van der Waals surface area contributed by atoms with E-state index in [0.29, 0.717) is 11.3 Å². The number of rotatable bonds is 8. The zero-order valence-electron chi connectivity index (χ0n) is 16.1. The molecule has 0 heterocycles. The van der Waals surface area contributed by atoms with E-state index in [1.165, 1.54) is 0 Å². The number of carbonyl (C=O) groups excluding carboxylic acids is 1. The fourth-order valence-electron chi connectivity index (χ4n) is 2.72. The standard InChI is InChI=1S/C20H26N2O4S/c1-5-18(16-9-12-19(26-4)14(3)13-16)21-20(23)15-7-10-17(11-8-15)22-27(24,25)6-2/h7-13,18,22H,5-6H2,1-4H3,(H,21,23). The molecule has 0 fully saturated rings. The van der Waals surface area contributed by atoms with E-state index in [-0.39, 0.29) is 17.7 Å². The molecule has 0 aliphatic carbocycles. The average Bonchev–Trinajstić information content (AvgIpc) is 2.66. The Morgan fingerprint density at radius 3 is 2.30 bits per heavy atom. The van der Waals surface area contributed by atoms with Crippen molar-refractivity contribution in [2.75, 3.05) is 17.6 Å². The van der Waals surface area contributed by atoms with Gasteiger partial charge in [0, 0.05) is 11.3 Å². The van der Waals surface area contributed by atoms with Gasteiger partial charge in [-0.05, 0) is 61.7 Å². The molecule has 0 bridgehead atoms. The summed E-state index contributed by atoms with van der Waals surface area (Å²) in [6.07, 6.45) is 0.742. The molecule has 1 atom stereocenters. The van der Waals surface area contributed by atoms with Crippen LogP contribution in [0.1, 0.15) is 47.8 Å². The third-order valence-electron chi connectivity index (χ3n) is 4.34. The first-order valence-electron chi connectivity index (χ1n) is 8.85. The third kappa shape index (κ3) is 5.47. The second-order valence-corrected chi connectivity index (χ2v) is 8.26. The first-order chi connectivity index (χ1) is 12.8. The summed E-state index contributed by atoms with van der Waals surface area (Å²) in [6.45, 7) is 5.54. The van der Waals surface area contributed by atoms with Crippen LogP contribution in [0.5, 0.6) is 5.75 Å². The van der Waals surface area contributed by atoms with Crippen LogP contribution in [0.25, 0.3) is 0 Å². The van der Waals surface area contributed by atoms with Crippen LogP contribution in [0.3, 0.4) is 0 Å². The molecule has 146 valence electrons. The molecule has 2 aromatic carbocycles. The van der Waals surface area contributed by atoms with E-state index >= 15 is 0 Å². The molecule has 0 spiro atoms. The molecule has 7 heteroatoms. The van der Waals surface area contributed by atoms with Crippen molar-refractivity contribution in [3.63, 3.8) is 0 Å². The van der Waals surface area contributed by atoms with Crippen LogP contribution in [0, 0.1) is 6.92 Å². The van der Waals surface area contributed by atoms with E-state index in [0.717, 1.165) is 23.3 Å². The van der Waals surface area contributed by atoms with E-state index in [1.807, 2.05) is 32.0 Å². The molecule has 2 aromatic rings. The molecule has 0 saturated heterocycles. The minimum Gasteiger partial charge on any atom is -0.496 e. The Labute approximate surface area is 161 Å². The zero-order valence-corrected chi connectivity index (χ0v) is 16.9. The Morgan fingerprint density at radius 2 is 1.78 bits per heavy atom. The van der Waals surface area contributed by atoms with Gasteiger partial charge in [-0.1, -0.05) is 19.1 Å². The van der Waals surface area contributed by atoms with Gasteiger partial charge >= 0.3 is 0 Å². The summed E-state index contributed by atoms with van der Waals surface area (Å²) in [6, 6.07) is 12.1. The second-order valence-electron chi connectivity index (χ2n) is 6.25. The largest absolute Gasteiger partial charge is 0.496 e. The minimum atomic E-state index is -3.34. The predicted molar refractivity (Wildman–Crippen MR) is 108 cm³/mol. The molecule has 0 aliphatic rings. The Kier molecular flexibility index (Phi) is 6.85. The van der Waals surface area contributed by atoms with Crippen LogP contribution >= 0.6 is 0 Å². The first-order valence-corrected chi connectivity index (χ1v) is 10.5. The number of aryl methyl sites for hydroxylation is 1. The van der Waals surface area contributed by atoms with E-state index < -0.39 is 10.0 Å². The summed E-state index contributed by atoms with van der Waals surface area (Å²) in [7, 11) is -1.70. The molecule has 0 aromatic heterocycles. The predicted octanol–water partition coefficient (Wildman–Crippen LogP) is 3.65. The lowest BCUT2D eigenvalue weighted by atomic mass is 10.0. The second kappa shape index (κ2) is 8.90. The summed E-state index contributed by atoms with van der Waals surface area (Å²) in [5.41, 5.74) is 2.93. The monoisotopic (exact) mass is 390 g/mol. The Balaban J connectivity index is 2.11. The SMILES string of the molecule is CCC(NC(=O)c1ccc(NS(=O)(=O)CC)cc1)c1ccc(OC)c(C)c1. The highest BCUT2D eigenvalue weighted by Crippen LogP contribution is 2.24. The molecule has 6 nitrogen and oxygen atoms in total. The molecule has 27 heavy (non-hydrogen) atoms. The van der Waals surface area contributed by atoms with Crippen molar-refractivity contribution in [3.05, 3.63) is 59.2 Å². The van der Waals surface area contributed by atoms with Crippen LogP contribution in [-0.2, 0) is 10.0 Å². The highest BCUT2D eigenvalue weighted by molar-refractivity contribution is 7.92. The first kappa shape index (κ1) is 20.8. The van der Waals surface area contributed by atoms with Crippen molar-refractivity contribution >= 4 is 21.6 Å². The van der Waals surface area contributed by atoms with Gasteiger partial charge in [0.05, 0.1) is 18.9 Å². The van der Waals surface area contributed by atoms with Gasteiger partial charge in [0.1, 0.15) is 5.75 Å². The van der Waals surface area contributed by atoms with Crippen LogP contribution in [0.4, 0.5) is 5.69 Å². The third-order valence-corrected chi connectivity index (χ3v) is 5.64. The number of nitrogens with one attached hydrogen (secondary N) is 2. The van der Waals surface area contributed by atoms with Gasteiger partial charge in [0.15, 0.2) is 0 Å². The molecule has 2 N–H and O–H groups in total. The summed E-state index contributed by atoms with van der Waals surface area (Å²) >= 11 is 0. The molecular weight excluding hydrogens is 364 g/mol. The van der Waals surface area contributed by atoms with Crippen molar-refractivity contribution < 1.29 is 17.9 Å². The lowest BCUT2D eigenvalue weighted by molar-refractivity contribution is 0.0935. The topological polar surface area (TPSA) is 84.5 Å². The number of hydrogen-bond donors (Lipinski definition) is 2. The highest BCUT2D eigenvalue weighted by atomic mass is 32.2. The van der Waals surface area contributed by atoms with Crippen molar-refractivity contribution in [3.8, 4) is 5.75 Å². The molecule has 1 unspecified atom stereocenters. The van der Waals surface area contributed by atoms with Gasteiger partial charge in [0.25, 0.3) is 5.91 Å². The number of methoxy groups -OCH3 is 1. The van der Waals surface area contributed by atoms with E-state index in [9.17, 15) is 13.2 Å². The Hall–Kier alpha value is -2.54. The number of benzene rings is 2. The van der Waals surface area contributed by atoms with Crippen molar-refractivity contribution in [2.45, 2.75) is 33.2 Å². The molecule has 2 rings (SSSR count). The highest BCUT2D eigenvalue weighted by Gasteiger charge is 2.15. The maximum absolute atomic E-state index is 12.6. The van der Waals surface area contributed by atoms with Crippen molar-refractivity contribution in [1.29, 1.82) is 0 Å². The smallest absolute Gasteiger partial charge is 0.251 e. The Bertz CT molecular complexity index is 893. The van der Waals surface area contributed by atoms with Crippen LogP contribution in [0.2, 0.25) is 0 Å². The fourth-order valence-corrected chi connectivity index (χ4v) is 3.36. The molecule has 1 amide bonds. The molecule has 0 aliphatic heterocycles. The number of carbonyl (C=O) groups is 1.